The fourth-order valence-corrected chi connectivity index (χ4v) is 2.81. The lowest BCUT2D eigenvalue weighted by Gasteiger charge is -2.17. The van der Waals surface area contributed by atoms with Gasteiger partial charge in [-0.2, -0.15) is 0 Å². The molecule has 1 saturated heterocycles. The molecular formula is C16H24IN3O2. The van der Waals surface area contributed by atoms with Crippen molar-refractivity contribution in [1.29, 1.82) is 0 Å². The topological polar surface area (TPSA) is 54.9 Å². The van der Waals surface area contributed by atoms with Gasteiger partial charge in [0.1, 0.15) is 11.9 Å². The molecule has 2 unspecified atom stereocenters. The molecule has 0 saturated carbocycles. The van der Waals surface area contributed by atoms with E-state index in [1.807, 2.05) is 12.1 Å². The number of guanidine groups is 1. The number of nitrogens with zero attached hydrogens (tertiary/aromatic N) is 1. The number of hydrogen-bond donors (Lipinski definition) is 2. The first-order valence-corrected chi connectivity index (χ1v) is 7.66. The number of nitrogens with one attached hydrogen (secondary N) is 2. The van der Waals surface area contributed by atoms with Crippen LogP contribution in [-0.4, -0.2) is 44.9 Å². The van der Waals surface area contributed by atoms with Gasteiger partial charge in [-0.25, -0.2) is 0 Å². The molecule has 0 aromatic heterocycles. The Hall–Kier alpha value is -1.02. The van der Waals surface area contributed by atoms with Crippen molar-refractivity contribution in [2.24, 2.45) is 4.99 Å². The fourth-order valence-electron chi connectivity index (χ4n) is 2.81. The van der Waals surface area contributed by atoms with E-state index in [1.165, 1.54) is 5.56 Å². The average molecular weight is 417 g/mol. The largest absolute Gasteiger partial charge is 0.488 e. The standard InChI is InChI=1S/C16H23N3O2.HI/c1-17-16(18-10-13-6-4-8-20-13)19-11-14-9-12-5-2-3-7-15(12)21-14;/h2-3,5,7,13-14H,4,6,8-11H2,1H3,(H2,17,18,19);1H. The quantitative estimate of drug-likeness (QED) is 0.447. The smallest absolute Gasteiger partial charge is 0.191 e. The lowest BCUT2D eigenvalue weighted by molar-refractivity contribution is 0.113. The van der Waals surface area contributed by atoms with Crippen LogP contribution in [-0.2, 0) is 11.2 Å². The summed E-state index contributed by atoms with van der Waals surface area (Å²) in [5.41, 5.74) is 1.28. The van der Waals surface area contributed by atoms with Crippen molar-refractivity contribution in [1.82, 2.24) is 10.6 Å². The third-order valence-electron chi connectivity index (χ3n) is 3.96. The Morgan fingerprint density at radius 1 is 1.23 bits per heavy atom. The molecule has 0 amide bonds. The van der Waals surface area contributed by atoms with Crippen LogP contribution in [0.25, 0.3) is 0 Å². The lowest BCUT2D eigenvalue weighted by Crippen LogP contribution is -2.44. The highest BCUT2D eigenvalue weighted by molar-refractivity contribution is 14.0. The molecule has 0 bridgehead atoms. The van der Waals surface area contributed by atoms with Crippen LogP contribution in [0.3, 0.4) is 0 Å². The predicted octanol–water partition coefficient (Wildman–Crippen LogP) is 1.95. The lowest BCUT2D eigenvalue weighted by atomic mass is 10.1. The highest BCUT2D eigenvalue weighted by atomic mass is 127. The number of para-hydroxylation sites is 1. The van der Waals surface area contributed by atoms with Crippen LogP contribution in [0.4, 0.5) is 0 Å². The number of benzene rings is 1. The van der Waals surface area contributed by atoms with Gasteiger partial charge in [-0.05, 0) is 24.5 Å². The zero-order valence-electron chi connectivity index (χ0n) is 12.9. The number of rotatable bonds is 4. The molecule has 6 heteroatoms. The Balaban J connectivity index is 0.00000176. The molecule has 2 atom stereocenters. The van der Waals surface area contributed by atoms with E-state index >= 15 is 0 Å². The number of fused-ring (bicyclic) bond motifs is 1. The Kier molecular flexibility index (Phi) is 6.75. The van der Waals surface area contributed by atoms with Gasteiger partial charge >= 0.3 is 0 Å². The minimum atomic E-state index is 0. The fraction of sp³-hybridized carbons (Fsp3) is 0.562. The first-order valence-electron chi connectivity index (χ1n) is 7.66. The van der Waals surface area contributed by atoms with Crippen LogP contribution in [0.1, 0.15) is 18.4 Å². The van der Waals surface area contributed by atoms with Gasteiger partial charge in [0.05, 0.1) is 12.6 Å². The summed E-state index contributed by atoms with van der Waals surface area (Å²) in [7, 11) is 1.79. The zero-order chi connectivity index (χ0) is 14.5. The van der Waals surface area contributed by atoms with Crippen molar-refractivity contribution in [2.75, 3.05) is 26.7 Å². The third-order valence-corrected chi connectivity index (χ3v) is 3.96. The average Bonchev–Trinajstić information content (AvgIpc) is 3.16. The maximum Gasteiger partial charge on any atom is 0.191 e. The molecule has 0 radical (unpaired) electrons. The first kappa shape index (κ1) is 17.3. The highest BCUT2D eigenvalue weighted by Crippen LogP contribution is 2.27. The second-order valence-corrected chi connectivity index (χ2v) is 5.52. The maximum atomic E-state index is 5.91. The van der Waals surface area contributed by atoms with Crippen molar-refractivity contribution in [2.45, 2.75) is 31.5 Å². The molecule has 2 aliphatic heterocycles. The molecule has 2 N–H and O–H groups in total. The zero-order valence-corrected chi connectivity index (χ0v) is 15.2. The SMILES string of the molecule is CN=C(NCC1CCCO1)NCC1Cc2ccccc2O1.I. The molecule has 2 aliphatic rings. The van der Waals surface area contributed by atoms with Crippen LogP contribution in [0, 0.1) is 0 Å². The first-order chi connectivity index (χ1) is 10.3. The summed E-state index contributed by atoms with van der Waals surface area (Å²) in [5, 5.41) is 6.64. The van der Waals surface area contributed by atoms with Crippen LogP contribution in [0.2, 0.25) is 0 Å². The van der Waals surface area contributed by atoms with Gasteiger partial charge in [-0.1, -0.05) is 18.2 Å². The van der Waals surface area contributed by atoms with Gasteiger partial charge in [0.2, 0.25) is 0 Å². The van der Waals surface area contributed by atoms with Gasteiger partial charge in [-0.15, -0.1) is 24.0 Å². The summed E-state index contributed by atoms with van der Waals surface area (Å²) in [6.45, 7) is 2.44. The molecular weight excluding hydrogens is 393 g/mol. The van der Waals surface area contributed by atoms with Gasteiger partial charge in [0.15, 0.2) is 5.96 Å². The second kappa shape index (κ2) is 8.57. The van der Waals surface area contributed by atoms with E-state index in [1.54, 1.807) is 7.05 Å². The molecule has 3 rings (SSSR count). The van der Waals surface area contributed by atoms with Crippen molar-refractivity contribution < 1.29 is 9.47 Å². The molecule has 5 nitrogen and oxygen atoms in total. The van der Waals surface area contributed by atoms with Gasteiger partial charge in [0.25, 0.3) is 0 Å². The Morgan fingerprint density at radius 3 is 2.68 bits per heavy atom. The van der Waals surface area contributed by atoms with Crippen LogP contribution < -0.4 is 15.4 Å². The molecule has 0 spiro atoms. The summed E-state index contributed by atoms with van der Waals surface area (Å²) in [6.07, 6.45) is 3.72. The Labute approximate surface area is 148 Å². The van der Waals surface area contributed by atoms with E-state index in [9.17, 15) is 0 Å². The van der Waals surface area contributed by atoms with Crippen molar-refractivity contribution >= 4 is 29.9 Å². The summed E-state index contributed by atoms with van der Waals surface area (Å²) < 4.78 is 11.5. The number of hydrogen-bond acceptors (Lipinski definition) is 3. The van der Waals surface area contributed by atoms with Crippen LogP contribution in [0.5, 0.6) is 5.75 Å². The van der Waals surface area contributed by atoms with E-state index in [0.717, 1.165) is 50.7 Å². The molecule has 1 fully saturated rings. The monoisotopic (exact) mass is 417 g/mol. The Bertz CT molecular complexity index is 479. The minimum Gasteiger partial charge on any atom is -0.488 e. The maximum absolute atomic E-state index is 5.91. The number of aliphatic imine (C=N–C) groups is 1. The van der Waals surface area contributed by atoms with Crippen molar-refractivity contribution in [3.05, 3.63) is 29.8 Å². The third kappa shape index (κ3) is 4.49. The molecule has 122 valence electrons. The number of ether oxygens (including phenoxy) is 2. The van der Waals surface area contributed by atoms with Crippen LogP contribution in [0.15, 0.2) is 29.3 Å². The minimum absolute atomic E-state index is 0. The van der Waals surface area contributed by atoms with E-state index in [-0.39, 0.29) is 30.1 Å². The normalized spacial score (nSPS) is 23.4. The van der Waals surface area contributed by atoms with Crippen molar-refractivity contribution in [3.63, 3.8) is 0 Å². The summed E-state index contributed by atoms with van der Waals surface area (Å²) >= 11 is 0. The molecule has 2 heterocycles. The summed E-state index contributed by atoms with van der Waals surface area (Å²) in [4.78, 5) is 4.24. The van der Waals surface area contributed by atoms with Crippen molar-refractivity contribution in [3.8, 4) is 5.75 Å². The van der Waals surface area contributed by atoms with Gasteiger partial charge < -0.3 is 20.1 Å². The molecule has 1 aromatic rings. The van der Waals surface area contributed by atoms with E-state index < -0.39 is 0 Å². The van der Waals surface area contributed by atoms with E-state index in [2.05, 4.69) is 27.8 Å². The number of halogens is 1. The second-order valence-electron chi connectivity index (χ2n) is 5.52. The molecule has 0 aliphatic carbocycles. The van der Waals surface area contributed by atoms with E-state index in [4.69, 9.17) is 9.47 Å². The molecule has 1 aromatic carbocycles. The van der Waals surface area contributed by atoms with Gasteiger partial charge in [-0.3, -0.25) is 4.99 Å². The predicted molar refractivity (Wildman–Crippen MR) is 98.3 cm³/mol. The highest BCUT2D eigenvalue weighted by Gasteiger charge is 2.22. The van der Waals surface area contributed by atoms with Gasteiger partial charge in [0, 0.05) is 26.6 Å². The Morgan fingerprint density at radius 2 is 2.00 bits per heavy atom. The summed E-state index contributed by atoms with van der Waals surface area (Å²) in [5.74, 6) is 1.82. The summed E-state index contributed by atoms with van der Waals surface area (Å²) in [6, 6.07) is 8.22. The molecule has 22 heavy (non-hydrogen) atoms. The van der Waals surface area contributed by atoms with E-state index in [0.29, 0.717) is 6.10 Å². The van der Waals surface area contributed by atoms with Crippen LogP contribution >= 0.6 is 24.0 Å².